The van der Waals surface area contributed by atoms with E-state index in [9.17, 15) is 27.6 Å². The molecule has 57 heavy (non-hydrogen) atoms. The summed E-state index contributed by atoms with van der Waals surface area (Å²) >= 11 is 0. The predicted octanol–water partition coefficient (Wildman–Crippen LogP) is 4.31. The highest BCUT2D eigenvalue weighted by molar-refractivity contribution is 7.91. The fraction of sp³-hybridized carbons (Fsp3) is 0.634. The average Bonchev–Trinajstić information content (AvgIpc) is 4.05. The van der Waals surface area contributed by atoms with Crippen molar-refractivity contribution in [3.05, 3.63) is 36.4 Å². The van der Waals surface area contributed by atoms with Gasteiger partial charge in [-0.2, -0.15) is 0 Å². The number of hydrogen-bond acceptors (Lipinski definition) is 11. The first kappa shape index (κ1) is 40.6. The quantitative estimate of drug-likeness (QED) is 0.306. The SMILES string of the molecule is C=C[C@@H]1C[C@]1(NC(=O)[C@@H]1C[C@@H]2CN1C(=O)[C@H](C(C)(C)C)NC(=O)O[C@@H]1CCC[C@H]1CCCc1cc3c(cc(OCC)nc3cc1OC)O2)C(=O)NS(=O)(=O)C1CC1. The van der Waals surface area contributed by atoms with Gasteiger partial charge in [-0.25, -0.2) is 18.2 Å². The Labute approximate surface area is 334 Å². The number of methoxy groups -OCH3 is 1. The van der Waals surface area contributed by atoms with Crippen LogP contribution in [0.15, 0.2) is 30.9 Å². The number of nitrogens with one attached hydrogen (secondary N) is 3. The van der Waals surface area contributed by atoms with E-state index in [1.807, 2.05) is 39.8 Å². The van der Waals surface area contributed by atoms with Crippen molar-refractivity contribution in [2.75, 3.05) is 20.3 Å². The van der Waals surface area contributed by atoms with Crippen LogP contribution in [0.25, 0.3) is 10.9 Å². The van der Waals surface area contributed by atoms with Crippen molar-refractivity contribution < 1.29 is 46.5 Å². The lowest BCUT2D eigenvalue weighted by Gasteiger charge is -2.35. The Hall–Kier alpha value is -4.60. The number of pyridine rings is 1. The van der Waals surface area contributed by atoms with Crippen LogP contribution < -0.4 is 29.6 Å². The van der Waals surface area contributed by atoms with Gasteiger partial charge in [-0.05, 0) is 87.7 Å². The molecule has 0 unspecified atom stereocenters. The molecule has 3 N–H and O–H groups in total. The summed E-state index contributed by atoms with van der Waals surface area (Å²) in [6.07, 6.45) is 5.77. The molecule has 0 radical (unpaired) electrons. The van der Waals surface area contributed by atoms with Crippen LogP contribution in [0.5, 0.6) is 17.4 Å². The monoisotopic (exact) mass is 809 g/mol. The molecule has 1 saturated heterocycles. The molecule has 3 heterocycles. The van der Waals surface area contributed by atoms with E-state index in [0.717, 1.165) is 37.7 Å². The molecule has 2 aliphatic heterocycles. The van der Waals surface area contributed by atoms with E-state index in [0.29, 0.717) is 54.2 Å². The summed E-state index contributed by atoms with van der Waals surface area (Å²) in [5.74, 6) is -0.945. The molecule has 0 spiro atoms. The molecule has 15 nitrogen and oxygen atoms in total. The Morgan fingerprint density at radius 3 is 2.53 bits per heavy atom. The lowest BCUT2D eigenvalue weighted by atomic mass is 9.85. The zero-order chi connectivity index (χ0) is 40.9. The average molecular weight is 810 g/mol. The van der Waals surface area contributed by atoms with Crippen molar-refractivity contribution in [1.82, 2.24) is 25.2 Å². The summed E-state index contributed by atoms with van der Waals surface area (Å²) in [7, 11) is -2.30. The van der Waals surface area contributed by atoms with Crippen LogP contribution >= 0.6 is 0 Å². The third kappa shape index (κ3) is 8.37. The van der Waals surface area contributed by atoms with Gasteiger partial charge in [0, 0.05) is 29.9 Å². The van der Waals surface area contributed by atoms with Gasteiger partial charge in [0.25, 0.3) is 5.91 Å². The normalized spacial score (nSPS) is 29.2. The number of benzene rings is 1. The van der Waals surface area contributed by atoms with Crippen LogP contribution in [0.2, 0.25) is 0 Å². The second-order valence-corrected chi connectivity index (χ2v) is 19.2. The molecule has 7 rings (SSSR count). The number of ether oxygens (including phenoxy) is 4. The molecule has 4 bridgehead atoms. The number of hydrogen-bond donors (Lipinski definition) is 3. The summed E-state index contributed by atoms with van der Waals surface area (Å²) in [6, 6.07) is 3.32. The van der Waals surface area contributed by atoms with Gasteiger partial charge < -0.3 is 34.5 Å². The van der Waals surface area contributed by atoms with Crippen molar-refractivity contribution in [3.63, 3.8) is 0 Å². The van der Waals surface area contributed by atoms with E-state index in [4.69, 9.17) is 23.9 Å². The smallest absolute Gasteiger partial charge is 0.408 e. The van der Waals surface area contributed by atoms with Crippen molar-refractivity contribution in [2.45, 2.75) is 127 Å². The van der Waals surface area contributed by atoms with E-state index in [1.54, 1.807) is 13.2 Å². The van der Waals surface area contributed by atoms with Crippen LogP contribution in [0.4, 0.5) is 4.79 Å². The number of carbonyl (C=O) groups is 4. The summed E-state index contributed by atoms with van der Waals surface area (Å²) < 4.78 is 52.1. The molecule has 3 aliphatic carbocycles. The largest absolute Gasteiger partial charge is 0.496 e. The van der Waals surface area contributed by atoms with Crippen LogP contribution in [0.1, 0.15) is 91.0 Å². The molecule has 3 saturated carbocycles. The third-order valence-electron chi connectivity index (χ3n) is 12.1. The zero-order valence-electron chi connectivity index (χ0n) is 33.4. The van der Waals surface area contributed by atoms with Crippen LogP contribution in [-0.4, -0.2) is 97.5 Å². The standard InChI is InChI=1S/C41H55N5O10S/c1-7-25-21-41(25,38(49)45-57(51,52)27-15-16-27)44-36(47)30-18-26-22-46(30)37(48)35(40(3,4)5)43-39(50)56-31-14-10-12-23(31)11-9-13-24-17-28-29(19-32(24)53-6)42-34(54-8-2)20-33(28)55-26/h7,17,19-20,23,25-27,30-31,35H,1,8-16,18,21-22H2,2-6H3,(H,43,50)(H,44,47)(H,45,49)/t23-,25-,26-,30+,31-,35-,41-/m1/s1. The van der Waals surface area contributed by atoms with Crippen molar-refractivity contribution >= 4 is 44.7 Å². The molecule has 7 atom stereocenters. The lowest BCUT2D eigenvalue weighted by Crippen LogP contribution is -2.60. The first-order valence-corrected chi connectivity index (χ1v) is 21.7. The van der Waals surface area contributed by atoms with Gasteiger partial charge in [-0.1, -0.05) is 26.8 Å². The zero-order valence-corrected chi connectivity index (χ0v) is 34.2. The van der Waals surface area contributed by atoms with Gasteiger partial charge in [0.05, 0.1) is 31.0 Å². The summed E-state index contributed by atoms with van der Waals surface area (Å²) in [6.45, 7) is 11.4. The van der Waals surface area contributed by atoms with E-state index < -0.39 is 74.1 Å². The maximum atomic E-state index is 14.8. The molecule has 16 heteroatoms. The number of nitrogens with zero attached hydrogens (tertiary/aromatic N) is 2. The molecular formula is C41H55N5O10S. The molecular weight excluding hydrogens is 755 g/mol. The number of amides is 4. The molecule has 1 aromatic carbocycles. The first-order valence-electron chi connectivity index (χ1n) is 20.2. The second-order valence-electron chi connectivity index (χ2n) is 17.2. The van der Waals surface area contributed by atoms with Gasteiger partial charge in [-0.3, -0.25) is 19.1 Å². The van der Waals surface area contributed by atoms with Crippen LogP contribution in [0.3, 0.4) is 0 Å². The minimum absolute atomic E-state index is 0.0241. The van der Waals surface area contributed by atoms with E-state index in [-0.39, 0.29) is 31.4 Å². The van der Waals surface area contributed by atoms with E-state index in [2.05, 4.69) is 21.9 Å². The highest BCUT2D eigenvalue weighted by Gasteiger charge is 2.62. The maximum absolute atomic E-state index is 14.8. The summed E-state index contributed by atoms with van der Waals surface area (Å²) in [4.78, 5) is 62.6. The number of carbonyl (C=O) groups excluding carboxylic acids is 4. The number of aromatic nitrogens is 1. The number of rotatable bonds is 9. The number of sulfonamides is 1. The molecule has 4 amide bonds. The maximum Gasteiger partial charge on any atom is 0.408 e. The Kier molecular flexibility index (Phi) is 11.1. The molecule has 1 aromatic heterocycles. The summed E-state index contributed by atoms with van der Waals surface area (Å²) in [5, 5.41) is 5.75. The number of aryl methyl sites for hydroxylation is 1. The Morgan fingerprint density at radius 2 is 1.86 bits per heavy atom. The number of fused-ring (bicyclic) bond motifs is 4. The van der Waals surface area contributed by atoms with Gasteiger partial charge in [0.1, 0.15) is 41.3 Å². The van der Waals surface area contributed by atoms with Gasteiger partial charge >= 0.3 is 6.09 Å². The first-order chi connectivity index (χ1) is 27.1. The summed E-state index contributed by atoms with van der Waals surface area (Å²) in [5.41, 5.74) is -0.827. The molecule has 4 fully saturated rings. The highest BCUT2D eigenvalue weighted by Crippen LogP contribution is 2.46. The van der Waals surface area contributed by atoms with Crippen LogP contribution in [-0.2, 0) is 35.6 Å². The fourth-order valence-corrected chi connectivity index (χ4v) is 10.0. The van der Waals surface area contributed by atoms with Crippen molar-refractivity contribution in [1.29, 1.82) is 0 Å². The minimum atomic E-state index is -3.91. The third-order valence-corrected chi connectivity index (χ3v) is 13.9. The predicted molar refractivity (Wildman–Crippen MR) is 210 cm³/mol. The topological polar surface area (TPSA) is 192 Å². The minimum Gasteiger partial charge on any atom is -0.496 e. The van der Waals surface area contributed by atoms with E-state index >= 15 is 0 Å². The lowest BCUT2D eigenvalue weighted by molar-refractivity contribution is -0.143. The van der Waals surface area contributed by atoms with Gasteiger partial charge in [0.15, 0.2) is 0 Å². The second kappa shape index (κ2) is 15.6. The molecule has 5 aliphatic rings. The highest BCUT2D eigenvalue weighted by atomic mass is 32.2. The Balaban J connectivity index is 1.27. The van der Waals surface area contributed by atoms with Gasteiger partial charge in [-0.15, -0.1) is 6.58 Å². The van der Waals surface area contributed by atoms with Crippen LogP contribution in [0, 0.1) is 17.3 Å². The fourth-order valence-electron chi connectivity index (χ4n) is 8.67. The molecule has 310 valence electrons. The number of alkyl carbamates (subject to hydrolysis) is 1. The van der Waals surface area contributed by atoms with Crippen molar-refractivity contribution in [2.24, 2.45) is 17.3 Å². The van der Waals surface area contributed by atoms with Gasteiger partial charge in [0.2, 0.25) is 27.7 Å². The Bertz CT molecular complexity index is 2050. The van der Waals surface area contributed by atoms with Crippen molar-refractivity contribution in [3.8, 4) is 17.4 Å². The molecule has 2 aromatic rings. The Morgan fingerprint density at radius 1 is 1.11 bits per heavy atom. The van der Waals surface area contributed by atoms with E-state index in [1.165, 1.54) is 11.0 Å².